The van der Waals surface area contributed by atoms with E-state index >= 15 is 0 Å². The summed E-state index contributed by atoms with van der Waals surface area (Å²) in [5.74, 6) is 1.68. The third-order valence-corrected chi connectivity index (χ3v) is 3.87. The van der Waals surface area contributed by atoms with Gasteiger partial charge in [-0.1, -0.05) is 0 Å². The van der Waals surface area contributed by atoms with E-state index in [4.69, 9.17) is 4.74 Å². The molecule has 5 heteroatoms. The summed E-state index contributed by atoms with van der Waals surface area (Å²) in [7, 11) is 0. The number of hydrogen-bond donors (Lipinski definition) is 1. The van der Waals surface area contributed by atoms with Crippen molar-refractivity contribution < 1.29 is 4.74 Å². The molecule has 0 radical (unpaired) electrons. The highest BCUT2D eigenvalue weighted by molar-refractivity contribution is 5.51. The summed E-state index contributed by atoms with van der Waals surface area (Å²) >= 11 is 0. The van der Waals surface area contributed by atoms with Crippen molar-refractivity contribution in [3.63, 3.8) is 0 Å². The molecule has 0 aromatic carbocycles. The van der Waals surface area contributed by atoms with Gasteiger partial charge in [0.05, 0.1) is 0 Å². The van der Waals surface area contributed by atoms with E-state index in [1.807, 2.05) is 10.6 Å². The van der Waals surface area contributed by atoms with Crippen LogP contribution < -0.4 is 5.32 Å². The van der Waals surface area contributed by atoms with Crippen molar-refractivity contribution in [2.45, 2.75) is 32.7 Å². The Morgan fingerprint density at radius 1 is 1.37 bits per heavy atom. The Hall–Kier alpha value is -1.62. The van der Waals surface area contributed by atoms with Gasteiger partial charge in [0.1, 0.15) is 12.1 Å². The number of aryl methyl sites for hydroxylation is 1. The monoisotopic (exact) mass is 260 g/mol. The SMILES string of the molecule is Cc1cc(NC(C)C2CCOCC2)n2ncnc2c1. The van der Waals surface area contributed by atoms with Crippen molar-refractivity contribution in [2.75, 3.05) is 18.5 Å². The molecule has 1 aliphatic heterocycles. The number of pyridine rings is 1. The number of ether oxygens (including phenoxy) is 1. The third-order valence-electron chi connectivity index (χ3n) is 3.87. The van der Waals surface area contributed by atoms with E-state index in [0.717, 1.165) is 37.5 Å². The van der Waals surface area contributed by atoms with Gasteiger partial charge in [-0.25, -0.2) is 4.98 Å². The van der Waals surface area contributed by atoms with Gasteiger partial charge in [0.15, 0.2) is 5.65 Å². The van der Waals surface area contributed by atoms with Gasteiger partial charge in [-0.05, 0) is 50.3 Å². The van der Waals surface area contributed by atoms with Crippen LogP contribution in [0, 0.1) is 12.8 Å². The molecule has 1 atom stereocenters. The number of fused-ring (bicyclic) bond motifs is 1. The average molecular weight is 260 g/mol. The van der Waals surface area contributed by atoms with Crippen LogP contribution in [0.5, 0.6) is 0 Å². The number of hydrogen-bond acceptors (Lipinski definition) is 4. The Morgan fingerprint density at radius 3 is 2.95 bits per heavy atom. The van der Waals surface area contributed by atoms with Crippen molar-refractivity contribution in [3.05, 3.63) is 24.0 Å². The second-order valence-corrected chi connectivity index (χ2v) is 5.33. The lowest BCUT2D eigenvalue weighted by atomic mass is 9.93. The highest BCUT2D eigenvalue weighted by Gasteiger charge is 2.21. The second-order valence-electron chi connectivity index (χ2n) is 5.33. The molecule has 102 valence electrons. The van der Waals surface area contributed by atoms with Crippen molar-refractivity contribution in [1.82, 2.24) is 14.6 Å². The minimum Gasteiger partial charge on any atom is -0.381 e. The zero-order valence-corrected chi connectivity index (χ0v) is 11.5. The van der Waals surface area contributed by atoms with Crippen LogP contribution in [0.2, 0.25) is 0 Å². The maximum atomic E-state index is 5.42. The normalized spacial score (nSPS) is 18.6. The Bertz CT molecular complexity index is 560. The molecule has 1 N–H and O–H groups in total. The van der Waals surface area contributed by atoms with Crippen LogP contribution in [0.25, 0.3) is 5.65 Å². The molecule has 0 amide bonds. The Labute approximate surface area is 113 Å². The van der Waals surface area contributed by atoms with Crippen molar-refractivity contribution >= 4 is 11.5 Å². The maximum Gasteiger partial charge on any atom is 0.157 e. The largest absolute Gasteiger partial charge is 0.381 e. The lowest BCUT2D eigenvalue weighted by Gasteiger charge is -2.29. The van der Waals surface area contributed by atoms with Gasteiger partial charge in [-0.2, -0.15) is 9.61 Å². The number of rotatable bonds is 3. The summed E-state index contributed by atoms with van der Waals surface area (Å²) in [6, 6.07) is 4.58. The van der Waals surface area contributed by atoms with Crippen LogP contribution in [0.1, 0.15) is 25.3 Å². The minimum atomic E-state index is 0.415. The summed E-state index contributed by atoms with van der Waals surface area (Å²) in [4.78, 5) is 4.25. The van der Waals surface area contributed by atoms with Crippen LogP contribution in [-0.4, -0.2) is 33.9 Å². The van der Waals surface area contributed by atoms with Crippen LogP contribution in [-0.2, 0) is 4.74 Å². The zero-order valence-electron chi connectivity index (χ0n) is 11.5. The molecule has 2 aromatic heterocycles. The highest BCUT2D eigenvalue weighted by atomic mass is 16.5. The predicted octanol–water partition coefficient (Wildman–Crippen LogP) is 2.26. The molecule has 1 saturated heterocycles. The molecule has 0 bridgehead atoms. The van der Waals surface area contributed by atoms with Gasteiger partial charge in [0.2, 0.25) is 0 Å². The van der Waals surface area contributed by atoms with E-state index in [2.05, 4.69) is 35.3 Å². The molecule has 19 heavy (non-hydrogen) atoms. The summed E-state index contributed by atoms with van der Waals surface area (Å²) < 4.78 is 7.29. The van der Waals surface area contributed by atoms with Gasteiger partial charge in [0, 0.05) is 19.3 Å². The van der Waals surface area contributed by atoms with Crippen LogP contribution in [0.3, 0.4) is 0 Å². The summed E-state index contributed by atoms with van der Waals surface area (Å²) in [5.41, 5.74) is 2.09. The highest BCUT2D eigenvalue weighted by Crippen LogP contribution is 2.22. The smallest absolute Gasteiger partial charge is 0.157 e. The molecule has 0 spiro atoms. The first-order chi connectivity index (χ1) is 9.24. The van der Waals surface area contributed by atoms with Crippen LogP contribution >= 0.6 is 0 Å². The molecule has 1 aliphatic rings. The fourth-order valence-electron chi connectivity index (χ4n) is 2.73. The van der Waals surface area contributed by atoms with Gasteiger partial charge < -0.3 is 10.1 Å². The van der Waals surface area contributed by atoms with E-state index in [-0.39, 0.29) is 0 Å². The van der Waals surface area contributed by atoms with Gasteiger partial charge in [-0.15, -0.1) is 0 Å². The van der Waals surface area contributed by atoms with Crippen molar-refractivity contribution in [2.24, 2.45) is 5.92 Å². The quantitative estimate of drug-likeness (QED) is 0.919. The second kappa shape index (κ2) is 5.17. The van der Waals surface area contributed by atoms with E-state index in [0.29, 0.717) is 12.0 Å². The molecule has 0 aliphatic carbocycles. The predicted molar refractivity (Wildman–Crippen MR) is 74.4 cm³/mol. The maximum absolute atomic E-state index is 5.42. The number of nitrogens with zero attached hydrogens (tertiary/aromatic N) is 3. The Balaban J connectivity index is 1.82. The van der Waals surface area contributed by atoms with E-state index in [1.165, 1.54) is 5.56 Å². The first kappa shape index (κ1) is 12.4. The van der Waals surface area contributed by atoms with E-state index < -0.39 is 0 Å². The summed E-state index contributed by atoms with van der Waals surface area (Å²) in [5, 5.41) is 7.86. The van der Waals surface area contributed by atoms with E-state index in [9.17, 15) is 0 Å². The molecule has 5 nitrogen and oxygen atoms in total. The molecular formula is C14H20N4O. The standard InChI is InChI=1S/C14H20N4O/c1-10-7-13-15-9-16-18(13)14(8-10)17-11(2)12-3-5-19-6-4-12/h7-9,11-12,17H,3-6H2,1-2H3. The van der Waals surface area contributed by atoms with Gasteiger partial charge >= 0.3 is 0 Å². The molecule has 3 rings (SSSR count). The van der Waals surface area contributed by atoms with Gasteiger partial charge in [0.25, 0.3) is 0 Å². The Kier molecular flexibility index (Phi) is 3.38. The number of aromatic nitrogens is 3. The van der Waals surface area contributed by atoms with E-state index in [1.54, 1.807) is 6.33 Å². The number of anilines is 1. The first-order valence-corrected chi connectivity index (χ1v) is 6.89. The topological polar surface area (TPSA) is 51.5 Å². The minimum absolute atomic E-state index is 0.415. The third kappa shape index (κ3) is 2.56. The zero-order chi connectivity index (χ0) is 13.2. The lowest BCUT2D eigenvalue weighted by Crippen LogP contribution is -2.31. The molecule has 3 heterocycles. The van der Waals surface area contributed by atoms with Crippen LogP contribution in [0.15, 0.2) is 18.5 Å². The van der Waals surface area contributed by atoms with Crippen molar-refractivity contribution in [3.8, 4) is 0 Å². The summed E-state index contributed by atoms with van der Waals surface area (Å²) in [6.45, 7) is 6.08. The number of nitrogens with one attached hydrogen (secondary N) is 1. The lowest BCUT2D eigenvalue weighted by molar-refractivity contribution is 0.0622. The van der Waals surface area contributed by atoms with Crippen molar-refractivity contribution in [1.29, 1.82) is 0 Å². The molecule has 2 aromatic rings. The molecular weight excluding hydrogens is 240 g/mol. The van der Waals surface area contributed by atoms with Gasteiger partial charge in [-0.3, -0.25) is 0 Å². The first-order valence-electron chi connectivity index (χ1n) is 6.89. The fraction of sp³-hybridized carbons (Fsp3) is 0.571. The Morgan fingerprint density at radius 2 is 2.16 bits per heavy atom. The van der Waals surface area contributed by atoms with Crippen LogP contribution in [0.4, 0.5) is 5.82 Å². The fourth-order valence-corrected chi connectivity index (χ4v) is 2.73. The summed E-state index contributed by atoms with van der Waals surface area (Å²) in [6.07, 6.45) is 3.85. The molecule has 1 fully saturated rings. The molecule has 1 unspecified atom stereocenters. The average Bonchev–Trinajstić information content (AvgIpc) is 2.88. The molecule has 0 saturated carbocycles.